The third kappa shape index (κ3) is 46.7. The summed E-state index contributed by atoms with van der Waals surface area (Å²) >= 11 is 9.63. The van der Waals surface area contributed by atoms with E-state index in [1.54, 1.807) is 107 Å². The minimum atomic E-state index is 0.581. The number of nitrogens with zero attached hydrogens (tertiary/aromatic N) is 1. The van der Waals surface area contributed by atoms with E-state index in [1.165, 1.54) is 41.7 Å². The molecule has 2 aliphatic heterocycles. The molecule has 404 valence electrons. The van der Waals surface area contributed by atoms with Gasteiger partial charge in [-0.1, -0.05) is 0 Å². The molecule has 2 atom stereocenters. The summed E-state index contributed by atoms with van der Waals surface area (Å²) in [4.78, 5) is 2.43. The molecule has 0 spiro atoms. The van der Waals surface area contributed by atoms with E-state index in [4.69, 9.17) is 33.8 Å². The van der Waals surface area contributed by atoms with Crippen molar-refractivity contribution < 1.29 is 0 Å². The summed E-state index contributed by atoms with van der Waals surface area (Å²) < 4.78 is 0. The van der Waals surface area contributed by atoms with Gasteiger partial charge < -0.3 is 11.5 Å². The fourth-order valence-corrected chi connectivity index (χ4v) is 143. The summed E-state index contributed by atoms with van der Waals surface area (Å²) in [6, 6.07) is 5.28. The van der Waals surface area contributed by atoms with Gasteiger partial charge in [-0.05, 0) is 43.1 Å². The lowest BCUT2D eigenvalue weighted by molar-refractivity contribution is 0.280. The van der Waals surface area contributed by atoms with Gasteiger partial charge in [0.1, 0.15) is 0 Å². The molecule has 2 bridgehead atoms. The van der Waals surface area contributed by atoms with Crippen LogP contribution in [0, 0.1) is 0 Å². The lowest BCUT2D eigenvalue weighted by Gasteiger charge is -2.14. The second kappa shape index (κ2) is 60.6. The molecule has 4 N–H and O–H groups in total. The van der Waals surface area contributed by atoms with Gasteiger partial charge in [-0.15, -0.1) is 0 Å². The maximum atomic E-state index is 5.83. The number of hydrogen-bond acceptors (Lipinski definition) is 5. The molecule has 1 fully saturated rings. The van der Waals surface area contributed by atoms with E-state index in [0.29, 0.717) is 12.1 Å². The minimum Gasteiger partial charge on any atom is -0.397 e. The lowest BCUT2D eigenvalue weighted by Crippen LogP contribution is -2.12. The molecule has 0 amide bonds. The molecule has 58 heteroatoms. The third-order valence-electron chi connectivity index (χ3n) is 5.15. The average molecular weight is 1950 g/mol. The largest absolute Gasteiger partial charge is 0.397 e. The van der Waals surface area contributed by atoms with Crippen molar-refractivity contribution in [2.75, 3.05) is 18.5 Å². The fourth-order valence-electron chi connectivity index (χ4n) is 3.51. The Bertz CT molecular complexity index is 4350. The molecule has 3 rings (SSSR count). The summed E-state index contributed by atoms with van der Waals surface area (Å²) in [6.07, 6.45) is 2.52. The molecule has 69 heavy (non-hydrogen) atoms. The highest BCUT2D eigenvalue weighted by atomic mass is 33.5. The van der Waals surface area contributed by atoms with Crippen LogP contribution < -0.4 is 11.5 Å². The average Bonchev–Trinajstić information content (AvgIpc) is 3.85. The van der Waals surface area contributed by atoms with E-state index in [9.17, 15) is 0 Å². The van der Waals surface area contributed by atoms with Crippen LogP contribution in [0.5, 0.6) is 0 Å². The highest BCUT2D eigenvalue weighted by Crippen LogP contribution is 2.53. The number of rotatable bonds is 0. The van der Waals surface area contributed by atoms with Crippen molar-refractivity contribution >= 4 is 504 Å². The first kappa shape index (κ1) is 76.0. The maximum Gasteiger partial charge on any atom is 0.0551 e. The first-order valence-electron chi connectivity index (χ1n) is 14.1. The lowest BCUT2D eigenvalue weighted by atomic mass is 9.91. The van der Waals surface area contributed by atoms with Gasteiger partial charge in [0.2, 0.25) is 0 Å². The first-order valence-corrected chi connectivity index (χ1v) is 86.1. The normalized spacial score (nSPS) is 12.2. The van der Waals surface area contributed by atoms with E-state index < -0.39 is 0 Å². The van der Waals surface area contributed by atoms with Gasteiger partial charge in [0.15, 0.2) is 0 Å². The summed E-state index contributed by atoms with van der Waals surface area (Å²) in [5.74, 6) is 0. The molecule has 0 radical (unpaired) electrons. The number of anilines is 2. The van der Waals surface area contributed by atoms with Crippen LogP contribution in [0.15, 0.2) is 12.1 Å². The zero-order valence-electron chi connectivity index (χ0n) is 30.8. The second-order valence-electron chi connectivity index (χ2n) is 7.99. The van der Waals surface area contributed by atoms with Crippen LogP contribution >= 0.6 is 0 Å². The number of benzene rings is 1. The summed E-state index contributed by atoms with van der Waals surface area (Å²) in [5, 5.41) is 0. The Morgan fingerprint density at radius 3 is 0.551 bits per heavy atom. The van der Waals surface area contributed by atoms with Crippen LogP contribution in [0.2, 0.25) is 0 Å². The van der Waals surface area contributed by atoms with Crippen LogP contribution in [-0.4, -0.2) is 11.9 Å². The molecule has 0 saturated carbocycles. The van der Waals surface area contributed by atoms with Crippen LogP contribution in [0.25, 0.3) is 0 Å². The van der Waals surface area contributed by atoms with Crippen molar-refractivity contribution in [2.24, 2.45) is 0 Å². The number of hydrogen-bond donors (Lipinski definition) is 2. The van der Waals surface area contributed by atoms with E-state index in [0.717, 1.165) is 11.4 Å². The van der Waals surface area contributed by atoms with Crippen LogP contribution in [-0.2, 0) is 493 Å². The van der Waals surface area contributed by atoms with Gasteiger partial charge in [0.25, 0.3) is 0 Å². The van der Waals surface area contributed by atoms with Gasteiger partial charge in [0.05, 0.1) is 11.4 Å². The van der Waals surface area contributed by atoms with Gasteiger partial charge in [0, 0.05) is 505 Å². The maximum absolute atomic E-state index is 5.83. The molecular weight excluding hydrogens is 1940 g/mol. The zero-order chi connectivity index (χ0) is 49.3. The Kier molecular flexibility index (Phi) is 66.7. The van der Waals surface area contributed by atoms with Crippen molar-refractivity contribution in [3.05, 3.63) is 23.3 Å². The van der Waals surface area contributed by atoms with Crippen molar-refractivity contribution in [2.45, 2.75) is 24.9 Å². The molecule has 3 nitrogen and oxygen atoms in total. The monoisotopic (exact) mass is 1950 g/mol. The van der Waals surface area contributed by atoms with Crippen LogP contribution in [0.4, 0.5) is 11.4 Å². The third-order valence-corrected chi connectivity index (χ3v) is 121. The van der Waals surface area contributed by atoms with Crippen molar-refractivity contribution in [3.8, 4) is 0 Å². The highest BCUT2D eigenvalue weighted by molar-refractivity contribution is 8.82. The van der Waals surface area contributed by atoms with Gasteiger partial charge in [-0.3, -0.25) is 4.90 Å². The Morgan fingerprint density at radius 2 is 0.420 bits per heavy atom. The topological polar surface area (TPSA) is 55.3 Å². The molecule has 0 aliphatic carbocycles. The standard InChI is InChI=1S/C11H15N3.S55/c1-14-10-2-3-11(14)7-5-9(13)8(12)4-6(7)10;1-3-5-7-9-11-13-15-17-19-21-23-25-27-29-31-33-35-37-39-41-43-45-47-49-51-53-55-54-52-50-48-46-44-42-40-38-36-34-32-30-28-26-24-22-20-18-16-14-12-10-8-6-4-2/h4-5,10-11H,2-3,12-13H2,1H3;. The molecule has 0 aromatic heterocycles. The fraction of sp³-hybridized carbons (Fsp3) is 0.455. The number of nitrogens with two attached hydrogens (primary N) is 2. The van der Waals surface area contributed by atoms with Gasteiger partial charge in [-0.2, -0.15) is 0 Å². The highest BCUT2D eigenvalue weighted by Gasteiger charge is 2.41. The Balaban J connectivity index is 0.000000968. The molecule has 1 aromatic rings. The second-order valence-corrected chi connectivity index (χ2v) is 102. The van der Waals surface area contributed by atoms with Crippen molar-refractivity contribution in [1.29, 1.82) is 0 Å². The minimum absolute atomic E-state index is 0.581. The first-order chi connectivity index (χ1) is 34.1. The molecule has 2 aliphatic rings. The predicted octanol–water partition coefficient (Wildman–Crippen LogP) is 1.54. The Morgan fingerprint density at radius 1 is 0.290 bits per heavy atom. The summed E-state index contributed by atoms with van der Waals surface area (Å²) in [7, 11) is 97.1. The Hall–Kier alpha value is 10.9. The van der Waals surface area contributed by atoms with Gasteiger partial charge >= 0.3 is 0 Å². The van der Waals surface area contributed by atoms with E-state index in [1.807, 2.05) is 346 Å². The van der Waals surface area contributed by atoms with Crippen LogP contribution in [0.3, 0.4) is 0 Å². The molecule has 1 saturated heterocycles. The zero-order valence-corrected chi connectivity index (χ0v) is 75.7. The van der Waals surface area contributed by atoms with Crippen molar-refractivity contribution in [1.82, 2.24) is 4.90 Å². The molecule has 2 heterocycles. The molecule has 1 aromatic carbocycles. The SMILES string of the molecule is CN1C2CCC1c1cc(N)c(N)cc12.S=S=S=S=S=S=S=S=S=S=S=S=S=S=S=S=S=S=S=S=S=S=S=S=S=S=S=S=S=S=S=S=S=S=S=S=S=S=S=S=S=S=S=S=S=S=S=S=S=S=S=S=S=S=S. The van der Waals surface area contributed by atoms with E-state index in [-0.39, 0.29) is 0 Å². The number of fused-ring (bicyclic) bond motifs is 5. The molecule has 2 unspecified atom stereocenters. The van der Waals surface area contributed by atoms with Crippen molar-refractivity contribution in [3.63, 3.8) is 0 Å². The molecular formula is C11H15N3S55. The smallest absolute Gasteiger partial charge is 0.0551 e. The van der Waals surface area contributed by atoms with Gasteiger partial charge in [-0.25, -0.2) is 0 Å². The number of nitrogen functional groups attached to an aromatic ring is 2. The predicted molar refractivity (Wildman–Crippen MR) is 463 cm³/mol. The summed E-state index contributed by atoms with van der Waals surface area (Å²) in [6.45, 7) is 0. The Labute approximate surface area is 560 Å². The quantitative estimate of drug-likeness (QED) is 0.387. The van der Waals surface area contributed by atoms with Crippen LogP contribution in [0.1, 0.15) is 36.1 Å². The summed E-state index contributed by atoms with van der Waals surface area (Å²) in [5.41, 5.74) is 15.9. The van der Waals surface area contributed by atoms with E-state index >= 15 is 0 Å². The van der Waals surface area contributed by atoms with E-state index in [2.05, 4.69) is 24.1 Å².